The molecule has 0 radical (unpaired) electrons. The molecule has 0 spiro atoms. The number of amidine groups is 1. The monoisotopic (exact) mass is 429 g/mol. The van der Waals surface area contributed by atoms with Gasteiger partial charge in [0.05, 0.1) is 17.4 Å². The second-order valence-corrected chi connectivity index (χ2v) is 7.20. The Labute approximate surface area is 176 Å². The molecule has 0 unspecified atom stereocenters. The van der Waals surface area contributed by atoms with Crippen molar-refractivity contribution >= 4 is 28.4 Å². The van der Waals surface area contributed by atoms with Crippen molar-refractivity contribution in [2.45, 2.75) is 31.8 Å². The van der Waals surface area contributed by atoms with Crippen molar-refractivity contribution in [1.82, 2.24) is 5.43 Å². The Bertz CT molecular complexity index is 1160. The van der Waals surface area contributed by atoms with E-state index in [9.17, 15) is 13.6 Å². The van der Waals surface area contributed by atoms with Gasteiger partial charge in [-0.1, -0.05) is 6.07 Å². The zero-order valence-electron chi connectivity index (χ0n) is 16.5. The van der Waals surface area contributed by atoms with Crippen LogP contribution < -0.4 is 27.2 Å². The smallest absolute Gasteiger partial charge is 0.259 e. The van der Waals surface area contributed by atoms with Crippen molar-refractivity contribution in [1.29, 1.82) is 0 Å². The predicted molar refractivity (Wildman–Crippen MR) is 111 cm³/mol. The third kappa shape index (κ3) is 4.02. The first-order valence-corrected chi connectivity index (χ1v) is 9.74. The molecule has 10 heteroatoms. The lowest BCUT2D eigenvalue weighted by Crippen LogP contribution is -2.31. The summed E-state index contributed by atoms with van der Waals surface area (Å²) in [5, 5.41) is 6.36. The van der Waals surface area contributed by atoms with E-state index in [1.165, 1.54) is 18.4 Å². The summed E-state index contributed by atoms with van der Waals surface area (Å²) in [6.45, 7) is 0. The molecule has 0 atom stereocenters. The fraction of sp³-hybridized carbons (Fsp3) is 0.238. The maximum Gasteiger partial charge on any atom is 0.259 e. The first-order valence-electron chi connectivity index (χ1n) is 9.74. The molecule has 1 saturated carbocycles. The maximum atomic E-state index is 14.5. The van der Waals surface area contributed by atoms with Crippen molar-refractivity contribution in [2.24, 2.45) is 16.8 Å². The van der Waals surface area contributed by atoms with Crippen molar-refractivity contribution in [3.8, 4) is 5.75 Å². The van der Waals surface area contributed by atoms with E-state index in [1.807, 2.05) is 0 Å². The lowest BCUT2D eigenvalue weighted by atomic mass is 10.1. The first kappa shape index (κ1) is 20.6. The molecule has 4 rings (SSSR count). The van der Waals surface area contributed by atoms with Crippen molar-refractivity contribution < 1.29 is 22.7 Å². The van der Waals surface area contributed by atoms with Crippen molar-refractivity contribution in [3.05, 3.63) is 59.4 Å². The summed E-state index contributed by atoms with van der Waals surface area (Å²) in [5.74, 6) is 7.71. The third-order valence-electron chi connectivity index (χ3n) is 5.25. The summed E-state index contributed by atoms with van der Waals surface area (Å²) < 4.78 is 39.9. The number of carbonyl (C=O) groups excluding carboxylic acids is 1. The average molecular weight is 429 g/mol. The second kappa shape index (κ2) is 8.60. The van der Waals surface area contributed by atoms with Gasteiger partial charge in [-0.05, 0) is 49.9 Å². The zero-order valence-corrected chi connectivity index (χ0v) is 16.5. The predicted octanol–water partition coefficient (Wildman–Crippen LogP) is 3.37. The van der Waals surface area contributed by atoms with Gasteiger partial charge in [-0.25, -0.2) is 10.2 Å². The number of nitrogens with zero attached hydrogens (tertiary/aromatic N) is 1. The normalized spacial score (nSPS) is 14.7. The molecule has 1 aromatic heterocycles. The minimum Gasteiger partial charge on any atom is -0.487 e. The largest absolute Gasteiger partial charge is 0.487 e. The van der Waals surface area contributed by atoms with Crippen LogP contribution in [0.5, 0.6) is 5.75 Å². The average Bonchev–Trinajstić information content (AvgIpc) is 3.44. The topological polar surface area (TPSA) is 128 Å². The molecule has 31 heavy (non-hydrogen) atoms. The first-order chi connectivity index (χ1) is 15.0. The molecule has 1 aliphatic carbocycles. The van der Waals surface area contributed by atoms with E-state index >= 15 is 0 Å². The highest BCUT2D eigenvalue weighted by atomic mass is 19.2. The maximum absolute atomic E-state index is 14.5. The number of nitrogens with two attached hydrogens (primary N) is 2. The van der Waals surface area contributed by atoms with E-state index in [1.54, 1.807) is 18.2 Å². The Morgan fingerprint density at radius 2 is 1.94 bits per heavy atom. The zero-order chi connectivity index (χ0) is 22.0. The molecule has 6 N–H and O–H groups in total. The van der Waals surface area contributed by atoms with Crippen LogP contribution in [-0.2, 0) is 0 Å². The van der Waals surface area contributed by atoms with Crippen LogP contribution in [0.15, 0.2) is 46.1 Å². The number of anilines is 1. The minimum absolute atomic E-state index is 0.115. The minimum atomic E-state index is -1.18. The molecule has 162 valence electrons. The van der Waals surface area contributed by atoms with E-state index in [-0.39, 0.29) is 28.9 Å². The Morgan fingerprint density at radius 3 is 2.65 bits per heavy atom. The molecule has 1 fully saturated rings. The number of furan rings is 1. The molecule has 8 nitrogen and oxygen atoms in total. The summed E-state index contributed by atoms with van der Waals surface area (Å²) in [5.41, 5.74) is 3.12. The number of rotatable bonds is 5. The van der Waals surface area contributed by atoms with Gasteiger partial charge in [0, 0.05) is 10.9 Å². The van der Waals surface area contributed by atoms with E-state index in [0.717, 1.165) is 25.7 Å². The number of hydrazine groups is 1. The summed E-state index contributed by atoms with van der Waals surface area (Å²) in [7, 11) is 0. The van der Waals surface area contributed by atoms with E-state index < -0.39 is 17.5 Å². The van der Waals surface area contributed by atoms with Gasteiger partial charge in [0.1, 0.15) is 11.8 Å². The summed E-state index contributed by atoms with van der Waals surface area (Å²) in [4.78, 5) is 12.7. The molecular formula is C21H21F2N5O3. The number of hydrazone groups is 1. The lowest BCUT2D eigenvalue weighted by molar-refractivity contribution is 0.102. The highest BCUT2D eigenvalue weighted by Crippen LogP contribution is 2.31. The van der Waals surface area contributed by atoms with E-state index in [2.05, 4.69) is 15.8 Å². The Kier molecular flexibility index (Phi) is 5.72. The van der Waals surface area contributed by atoms with Gasteiger partial charge in [0.2, 0.25) is 5.82 Å². The van der Waals surface area contributed by atoms with Crippen LogP contribution in [0.4, 0.5) is 14.5 Å². The quantitative estimate of drug-likeness (QED) is 0.213. The second-order valence-electron chi connectivity index (χ2n) is 7.20. The highest BCUT2D eigenvalue weighted by molar-refractivity contribution is 6.13. The van der Waals surface area contributed by atoms with Crippen molar-refractivity contribution in [3.63, 3.8) is 0 Å². The number of carbonyl (C=O) groups is 1. The molecule has 3 aromatic rings. The lowest BCUT2D eigenvalue weighted by Gasteiger charge is -2.15. The highest BCUT2D eigenvalue weighted by Gasteiger charge is 2.23. The van der Waals surface area contributed by atoms with Crippen molar-refractivity contribution in [2.75, 3.05) is 5.32 Å². The number of amides is 1. The molecule has 0 bridgehead atoms. The van der Waals surface area contributed by atoms with Crippen LogP contribution in [0.2, 0.25) is 0 Å². The molecule has 1 heterocycles. The summed E-state index contributed by atoms with van der Waals surface area (Å²) in [6.07, 6.45) is 4.75. The molecule has 0 aliphatic heterocycles. The van der Waals surface area contributed by atoms with E-state index in [0.29, 0.717) is 16.5 Å². The van der Waals surface area contributed by atoms with Crippen LogP contribution in [-0.4, -0.2) is 17.8 Å². The Hall–Kier alpha value is -3.66. The number of fused-ring (bicyclic) bond motifs is 1. The summed E-state index contributed by atoms with van der Waals surface area (Å²) in [6, 6.07) is 7.43. The molecular weight excluding hydrogens is 408 g/mol. The Balaban J connectivity index is 1.55. The molecule has 0 saturated heterocycles. The van der Waals surface area contributed by atoms with Crippen LogP contribution in [0.25, 0.3) is 11.0 Å². The fourth-order valence-electron chi connectivity index (χ4n) is 3.64. The molecule has 1 aliphatic rings. The van der Waals surface area contributed by atoms with Gasteiger partial charge in [0.15, 0.2) is 17.4 Å². The number of halogens is 2. The van der Waals surface area contributed by atoms with Gasteiger partial charge >= 0.3 is 0 Å². The van der Waals surface area contributed by atoms with Crippen LogP contribution >= 0.6 is 0 Å². The van der Waals surface area contributed by atoms with Gasteiger partial charge in [0.25, 0.3) is 5.91 Å². The molecule has 1 amide bonds. The van der Waals surface area contributed by atoms with Gasteiger partial charge in [-0.3, -0.25) is 4.79 Å². The number of ether oxygens (including phenoxy) is 1. The molecule has 2 aromatic carbocycles. The SMILES string of the molecule is N/N=C(\NN)c1ccc2c(C(=O)Nc3ccc(OC4CCCC4)c(F)c3F)coc2c1. The van der Waals surface area contributed by atoms with Crippen LogP contribution in [0.1, 0.15) is 41.6 Å². The number of hydrogen-bond acceptors (Lipinski definition) is 6. The summed E-state index contributed by atoms with van der Waals surface area (Å²) >= 11 is 0. The van der Waals surface area contributed by atoms with Crippen LogP contribution in [0, 0.1) is 11.6 Å². The van der Waals surface area contributed by atoms with Crippen LogP contribution in [0.3, 0.4) is 0 Å². The fourth-order valence-corrected chi connectivity index (χ4v) is 3.64. The van der Waals surface area contributed by atoms with Gasteiger partial charge < -0.3 is 25.7 Å². The Morgan fingerprint density at radius 1 is 1.16 bits per heavy atom. The third-order valence-corrected chi connectivity index (χ3v) is 5.25. The van der Waals surface area contributed by atoms with Gasteiger partial charge in [-0.15, -0.1) is 0 Å². The number of nitrogens with one attached hydrogen (secondary N) is 2. The van der Waals surface area contributed by atoms with Gasteiger partial charge in [-0.2, -0.15) is 9.49 Å². The number of hydrogen-bond donors (Lipinski definition) is 4. The number of benzene rings is 2. The standard InChI is InChI=1S/C21H21F2N5O3/c22-18-15(7-8-16(19(18)23)31-12-3-1-2-4-12)26-21(29)14-10-30-17-9-11(5-6-13(14)17)20(27-24)28-25/h5-10,12H,1-4,24-25H2,(H,26,29)(H,27,28). The van der Waals surface area contributed by atoms with E-state index in [4.69, 9.17) is 20.8 Å².